The van der Waals surface area contributed by atoms with E-state index < -0.39 is 0 Å². The molecule has 0 saturated carbocycles. The van der Waals surface area contributed by atoms with Crippen molar-refractivity contribution in [3.63, 3.8) is 0 Å². The van der Waals surface area contributed by atoms with Gasteiger partial charge in [0.1, 0.15) is 5.82 Å². The fourth-order valence-electron chi connectivity index (χ4n) is 3.26. The molecule has 2 amide bonds. The van der Waals surface area contributed by atoms with Crippen LogP contribution in [0.3, 0.4) is 0 Å². The number of carbonyl (C=O) groups excluding carboxylic acids is 2. The lowest BCUT2D eigenvalue weighted by atomic mass is 10.1. The summed E-state index contributed by atoms with van der Waals surface area (Å²) in [5.74, 6) is 0.0881. The van der Waals surface area contributed by atoms with Crippen molar-refractivity contribution >= 4 is 23.2 Å². The van der Waals surface area contributed by atoms with Gasteiger partial charge < -0.3 is 14.7 Å². The van der Waals surface area contributed by atoms with E-state index in [0.29, 0.717) is 36.1 Å². The number of nitrogens with one attached hydrogen (secondary N) is 1. The number of carbonyl (C=O) groups is 2. The fourth-order valence-corrected chi connectivity index (χ4v) is 4.10. The monoisotopic (exact) mass is 414 g/mol. The highest BCUT2D eigenvalue weighted by Gasteiger charge is 2.33. The van der Waals surface area contributed by atoms with Crippen molar-refractivity contribution in [1.82, 2.24) is 20.4 Å². The first kappa shape index (κ1) is 19.3. The van der Waals surface area contributed by atoms with Crippen LogP contribution in [0, 0.1) is 12.7 Å². The summed E-state index contributed by atoms with van der Waals surface area (Å²) in [5, 5.41) is 8.61. The fraction of sp³-hybridized carbons (Fsp3) is 0.300. The maximum absolute atomic E-state index is 13.0. The van der Waals surface area contributed by atoms with Gasteiger partial charge in [0.25, 0.3) is 5.91 Å². The molecule has 1 N–H and O–H groups in total. The Morgan fingerprint density at radius 3 is 2.86 bits per heavy atom. The van der Waals surface area contributed by atoms with Crippen LogP contribution in [0.5, 0.6) is 0 Å². The highest BCUT2D eigenvalue weighted by molar-refractivity contribution is 7.12. The molecule has 1 aliphatic rings. The minimum absolute atomic E-state index is 0.00727. The SMILES string of the molecule is Cc1ccsc1C(=O)NCc1nc([C@@H]2CC(=O)N(Cc3ccc(F)cc3)C2)no1. The third-order valence-corrected chi connectivity index (χ3v) is 5.83. The molecular formula is C20H19FN4O3S. The number of amides is 2. The van der Waals surface area contributed by atoms with Gasteiger partial charge >= 0.3 is 0 Å². The number of aryl methyl sites for hydroxylation is 1. The lowest BCUT2D eigenvalue weighted by Gasteiger charge is -2.16. The smallest absolute Gasteiger partial charge is 0.262 e. The number of nitrogens with zero attached hydrogens (tertiary/aromatic N) is 3. The Hall–Kier alpha value is -3.07. The van der Waals surface area contributed by atoms with Gasteiger partial charge in [-0.05, 0) is 41.6 Å². The first-order valence-electron chi connectivity index (χ1n) is 9.16. The second kappa shape index (κ2) is 8.12. The summed E-state index contributed by atoms with van der Waals surface area (Å²) in [6, 6.07) is 7.98. The standard InChI is InChI=1S/C20H19FN4O3S/c1-12-6-7-29-18(12)20(27)22-9-16-23-19(24-28-16)14-8-17(26)25(11-14)10-13-2-4-15(21)5-3-13/h2-7,14H,8-11H2,1H3,(H,22,27)/t14-/m1/s1. The summed E-state index contributed by atoms with van der Waals surface area (Å²) < 4.78 is 18.3. The Bertz CT molecular complexity index is 1030. The van der Waals surface area contributed by atoms with Gasteiger partial charge in [-0.1, -0.05) is 17.3 Å². The quantitative estimate of drug-likeness (QED) is 0.670. The Morgan fingerprint density at radius 2 is 2.14 bits per heavy atom. The first-order valence-corrected chi connectivity index (χ1v) is 10.0. The molecule has 0 spiro atoms. The number of likely N-dealkylation sites (tertiary alicyclic amines) is 1. The van der Waals surface area contributed by atoms with Gasteiger partial charge in [-0.25, -0.2) is 4.39 Å². The molecule has 9 heteroatoms. The van der Waals surface area contributed by atoms with Crippen LogP contribution in [0.4, 0.5) is 4.39 Å². The molecule has 150 valence electrons. The highest BCUT2D eigenvalue weighted by atomic mass is 32.1. The number of thiophene rings is 1. The van der Waals surface area contributed by atoms with Gasteiger partial charge in [0.15, 0.2) is 5.82 Å². The van der Waals surface area contributed by atoms with E-state index in [1.54, 1.807) is 17.0 Å². The number of hydrogen-bond acceptors (Lipinski definition) is 6. The molecule has 1 aromatic carbocycles. The van der Waals surface area contributed by atoms with Crippen LogP contribution in [-0.2, 0) is 17.9 Å². The van der Waals surface area contributed by atoms with Crippen molar-refractivity contribution in [2.24, 2.45) is 0 Å². The van der Waals surface area contributed by atoms with Crippen molar-refractivity contribution in [3.8, 4) is 0 Å². The molecule has 3 heterocycles. The zero-order chi connectivity index (χ0) is 20.4. The minimum atomic E-state index is -0.306. The normalized spacial score (nSPS) is 16.4. The van der Waals surface area contributed by atoms with Gasteiger partial charge in [-0.15, -0.1) is 11.3 Å². The van der Waals surface area contributed by atoms with E-state index in [-0.39, 0.29) is 30.1 Å². The number of benzene rings is 1. The molecule has 0 unspecified atom stereocenters. The van der Waals surface area contributed by atoms with E-state index in [9.17, 15) is 14.0 Å². The first-order chi connectivity index (χ1) is 14.0. The van der Waals surface area contributed by atoms with Gasteiger partial charge in [-0.3, -0.25) is 9.59 Å². The predicted octanol–water partition coefficient (Wildman–Crippen LogP) is 3.02. The van der Waals surface area contributed by atoms with Crippen LogP contribution in [0.1, 0.15) is 44.9 Å². The molecule has 4 rings (SSSR count). The van der Waals surface area contributed by atoms with Crippen molar-refractivity contribution in [2.45, 2.75) is 32.4 Å². The predicted molar refractivity (Wildman–Crippen MR) is 104 cm³/mol. The summed E-state index contributed by atoms with van der Waals surface area (Å²) >= 11 is 1.38. The summed E-state index contributed by atoms with van der Waals surface area (Å²) in [6.45, 7) is 2.89. The zero-order valence-corrected chi connectivity index (χ0v) is 16.5. The average molecular weight is 414 g/mol. The molecule has 0 radical (unpaired) electrons. The van der Waals surface area contributed by atoms with E-state index in [0.717, 1.165) is 11.1 Å². The van der Waals surface area contributed by atoms with Gasteiger partial charge in [0.05, 0.1) is 11.4 Å². The second-order valence-corrected chi connectivity index (χ2v) is 7.88. The molecule has 1 fully saturated rings. The molecule has 0 bridgehead atoms. The van der Waals surface area contributed by atoms with Crippen LogP contribution in [0.25, 0.3) is 0 Å². The summed E-state index contributed by atoms with van der Waals surface area (Å²) in [4.78, 5) is 31.2. The highest BCUT2D eigenvalue weighted by Crippen LogP contribution is 2.27. The average Bonchev–Trinajstić information content (AvgIpc) is 3.42. The number of halogens is 1. The lowest BCUT2D eigenvalue weighted by Crippen LogP contribution is -2.24. The Kier molecular flexibility index (Phi) is 5.39. The van der Waals surface area contributed by atoms with Crippen LogP contribution in [-0.4, -0.2) is 33.4 Å². The van der Waals surface area contributed by atoms with Crippen molar-refractivity contribution in [1.29, 1.82) is 0 Å². The Balaban J connectivity index is 1.34. The number of aromatic nitrogens is 2. The molecule has 0 aliphatic carbocycles. The van der Waals surface area contributed by atoms with Crippen LogP contribution in [0.15, 0.2) is 40.2 Å². The topological polar surface area (TPSA) is 88.3 Å². The van der Waals surface area contributed by atoms with E-state index in [1.165, 1.54) is 23.5 Å². The van der Waals surface area contributed by atoms with Crippen molar-refractivity contribution in [3.05, 3.63) is 69.2 Å². The zero-order valence-electron chi connectivity index (χ0n) is 15.7. The van der Waals surface area contributed by atoms with Gasteiger partial charge in [-0.2, -0.15) is 4.98 Å². The van der Waals surface area contributed by atoms with Crippen LogP contribution in [0.2, 0.25) is 0 Å². The molecule has 7 nitrogen and oxygen atoms in total. The molecule has 1 saturated heterocycles. The third kappa shape index (κ3) is 4.34. The molecule has 2 aromatic heterocycles. The Morgan fingerprint density at radius 1 is 1.34 bits per heavy atom. The van der Waals surface area contributed by atoms with Gasteiger partial charge in [0.2, 0.25) is 11.8 Å². The molecule has 1 aliphatic heterocycles. The Labute approximate surface area is 170 Å². The molecular weight excluding hydrogens is 395 g/mol. The third-order valence-electron chi connectivity index (χ3n) is 4.82. The van der Waals surface area contributed by atoms with E-state index in [1.807, 2.05) is 18.4 Å². The summed E-state index contributed by atoms with van der Waals surface area (Å²) in [7, 11) is 0. The van der Waals surface area contributed by atoms with E-state index in [4.69, 9.17) is 4.52 Å². The maximum Gasteiger partial charge on any atom is 0.262 e. The number of hydrogen-bond donors (Lipinski definition) is 1. The maximum atomic E-state index is 13.0. The van der Waals surface area contributed by atoms with E-state index in [2.05, 4.69) is 15.5 Å². The number of rotatable bonds is 6. The van der Waals surface area contributed by atoms with Crippen LogP contribution >= 0.6 is 11.3 Å². The van der Waals surface area contributed by atoms with Crippen molar-refractivity contribution < 1.29 is 18.5 Å². The largest absolute Gasteiger partial charge is 0.342 e. The summed E-state index contributed by atoms with van der Waals surface area (Å²) in [5.41, 5.74) is 1.78. The minimum Gasteiger partial charge on any atom is -0.342 e. The molecule has 29 heavy (non-hydrogen) atoms. The second-order valence-electron chi connectivity index (χ2n) is 6.96. The van der Waals surface area contributed by atoms with Gasteiger partial charge in [0, 0.05) is 25.4 Å². The summed E-state index contributed by atoms with van der Waals surface area (Å²) in [6.07, 6.45) is 0.293. The lowest BCUT2D eigenvalue weighted by molar-refractivity contribution is -0.128. The van der Waals surface area contributed by atoms with Crippen molar-refractivity contribution in [2.75, 3.05) is 6.54 Å². The molecule has 3 aromatic rings. The van der Waals surface area contributed by atoms with Crippen LogP contribution < -0.4 is 5.32 Å². The van der Waals surface area contributed by atoms with E-state index >= 15 is 0 Å². The molecule has 1 atom stereocenters.